The molecule has 0 bridgehead atoms. The smallest absolute Gasteiger partial charge is 0.392 e. The predicted molar refractivity (Wildman–Crippen MR) is 225 cm³/mol. The van der Waals surface area contributed by atoms with Crippen molar-refractivity contribution in [2.45, 2.75) is 91.3 Å². The summed E-state index contributed by atoms with van der Waals surface area (Å²) in [6.45, 7) is 23.4. The summed E-state index contributed by atoms with van der Waals surface area (Å²) in [6, 6.07) is 40.7. The summed E-state index contributed by atoms with van der Waals surface area (Å²) >= 11 is 0. The summed E-state index contributed by atoms with van der Waals surface area (Å²) in [7, 11) is 0. The second-order valence-electron chi connectivity index (χ2n) is 17.7. The van der Waals surface area contributed by atoms with Crippen molar-refractivity contribution in [1.82, 2.24) is 0 Å². The summed E-state index contributed by atoms with van der Waals surface area (Å²) in [6.07, 6.45) is 3.19. The van der Waals surface area contributed by atoms with Crippen molar-refractivity contribution in [2.75, 3.05) is 26.4 Å². The molecule has 0 aromatic heterocycles. The zero-order chi connectivity index (χ0) is 39.1. The topological polar surface area (TPSA) is 58.9 Å². The van der Waals surface area contributed by atoms with Crippen LogP contribution in [0, 0.1) is 48.3 Å². The van der Waals surface area contributed by atoms with Gasteiger partial charge in [0.25, 0.3) is 0 Å². The molecule has 6 rings (SSSR count). The number of ether oxygens (including phenoxy) is 2. The minimum absolute atomic E-state index is 0. The number of hydrogen-bond donors (Lipinski definition) is 2. The van der Waals surface area contributed by atoms with Crippen LogP contribution in [0.4, 0.5) is 0 Å². The van der Waals surface area contributed by atoms with Gasteiger partial charge >= 0.3 is 21.7 Å². The Bertz CT molecular complexity index is 1450. The van der Waals surface area contributed by atoms with Gasteiger partial charge in [0, 0.05) is 23.7 Å². The minimum Gasteiger partial charge on any atom is -0.392 e. The van der Waals surface area contributed by atoms with Gasteiger partial charge in [-0.2, -0.15) is 49.2 Å². The summed E-state index contributed by atoms with van der Waals surface area (Å²) in [5, 5.41) is 22.7. The van der Waals surface area contributed by atoms with E-state index in [9.17, 15) is 10.2 Å². The molecule has 5 heteroatoms. The Labute approximate surface area is 349 Å². The molecule has 0 aliphatic heterocycles. The van der Waals surface area contributed by atoms with Crippen LogP contribution >= 0.6 is 0 Å². The molecule has 4 aromatic rings. The van der Waals surface area contributed by atoms with Gasteiger partial charge in [-0.15, -0.1) is 24.3 Å². The van der Waals surface area contributed by atoms with Gasteiger partial charge in [0.05, 0.1) is 38.6 Å². The third-order valence-electron chi connectivity index (χ3n) is 11.7. The summed E-state index contributed by atoms with van der Waals surface area (Å²) in [5.41, 5.74) is 4.98. The average molecular weight is 781 g/mol. The Morgan fingerprint density at radius 3 is 1.04 bits per heavy atom. The molecule has 0 spiro atoms. The molecule has 0 radical (unpaired) electrons. The molecule has 8 unspecified atom stereocenters. The van der Waals surface area contributed by atoms with Gasteiger partial charge < -0.3 is 19.7 Å². The van der Waals surface area contributed by atoms with Crippen molar-refractivity contribution in [3.05, 3.63) is 157 Å². The van der Waals surface area contributed by atoms with Crippen molar-refractivity contribution in [3.8, 4) is 0 Å². The van der Waals surface area contributed by atoms with Gasteiger partial charge in [-0.1, -0.05) is 114 Å². The Kier molecular flexibility index (Phi) is 19.3. The molecule has 0 heterocycles. The van der Waals surface area contributed by atoms with Crippen molar-refractivity contribution >= 4 is 0 Å². The maximum absolute atomic E-state index is 11.3. The molecule has 4 nitrogen and oxygen atoms in total. The molecule has 4 aromatic carbocycles. The fourth-order valence-electron chi connectivity index (χ4n) is 8.11. The molecule has 55 heavy (non-hydrogen) atoms. The number of benzene rings is 4. The summed E-state index contributed by atoms with van der Waals surface area (Å²) in [4.78, 5) is 0. The Morgan fingerprint density at radius 2 is 0.782 bits per heavy atom. The molecule has 2 aliphatic rings. The molecule has 2 saturated carbocycles. The maximum atomic E-state index is 11.3. The number of rotatable bonds is 9. The van der Waals surface area contributed by atoms with Gasteiger partial charge in [-0.3, -0.25) is 0 Å². The molecule has 0 amide bonds. The van der Waals surface area contributed by atoms with Crippen LogP contribution in [0.1, 0.15) is 101 Å². The van der Waals surface area contributed by atoms with Crippen LogP contribution in [0.15, 0.2) is 121 Å². The van der Waals surface area contributed by atoms with Gasteiger partial charge in [-0.05, 0) is 59.5 Å². The second kappa shape index (κ2) is 22.8. The first-order valence-corrected chi connectivity index (χ1v) is 20.1. The van der Waals surface area contributed by atoms with E-state index in [4.69, 9.17) is 9.47 Å². The maximum Gasteiger partial charge on any atom is 2.00 e. The van der Waals surface area contributed by atoms with Crippen LogP contribution in [-0.4, -0.2) is 48.8 Å². The molecule has 8 atom stereocenters. The van der Waals surface area contributed by atoms with Gasteiger partial charge in [0.15, 0.2) is 0 Å². The first-order chi connectivity index (χ1) is 25.7. The van der Waals surface area contributed by atoms with E-state index in [1.807, 2.05) is 72.8 Å². The van der Waals surface area contributed by atoms with E-state index in [-0.39, 0.29) is 56.2 Å². The Balaban J connectivity index is 0.000000450. The third-order valence-corrected chi connectivity index (χ3v) is 11.7. The average Bonchev–Trinajstić information content (AvgIpc) is 3.15. The molecule has 2 N–H and O–H groups in total. The van der Waals surface area contributed by atoms with Crippen molar-refractivity contribution in [3.63, 3.8) is 0 Å². The van der Waals surface area contributed by atoms with E-state index in [1.54, 1.807) is 0 Å². The predicted octanol–water partition coefficient (Wildman–Crippen LogP) is 11.2. The zero-order valence-electron chi connectivity index (χ0n) is 34.4. The fraction of sp³-hybridized carbons (Fsp3) is 0.480. The number of hydrogen-bond acceptors (Lipinski definition) is 4. The Hall–Kier alpha value is -2.83. The second-order valence-corrected chi connectivity index (χ2v) is 17.7. The van der Waals surface area contributed by atoms with Crippen LogP contribution < -0.4 is 0 Å². The van der Waals surface area contributed by atoms with E-state index in [0.29, 0.717) is 38.3 Å². The number of aliphatic hydroxyl groups is 2. The van der Waals surface area contributed by atoms with Gasteiger partial charge in [0.2, 0.25) is 0 Å². The SMILES string of the molecule is CC(C)(C)C1CC(COCCOCC2CC(C(C)(C)C)CC(c3ccccc3)C2O)C(O)C(c2ccccc2)C1.[CH2-]c1ccccc1.[CH2-]c1ccccc1.[Ti+2]. The largest absolute Gasteiger partial charge is 2.00 e. The monoisotopic (exact) mass is 780 g/mol. The molecule has 296 valence electrons. The molecule has 2 aliphatic carbocycles. The van der Waals surface area contributed by atoms with Crippen LogP contribution in [0.3, 0.4) is 0 Å². The van der Waals surface area contributed by atoms with Crippen LogP contribution in [0.2, 0.25) is 0 Å². The molecular formula is C50H68O4Ti. The summed E-state index contributed by atoms with van der Waals surface area (Å²) in [5.74, 6) is 1.58. The normalized spacial score (nSPS) is 25.2. The Morgan fingerprint density at radius 1 is 0.491 bits per heavy atom. The zero-order valence-corrected chi connectivity index (χ0v) is 36.0. The molecular weight excluding hydrogens is 712 g/mol. The minimum atomic E-state index is -0.399. The van der Waals surface area contributed by atoms with E-state index in [1.165, 1.54) is 11.1 Å². The van der Waals surface area contributed by atoms with Crippen molar-refractivity contribution in [1.29, 1.82) is 0 Å². The van der Waals surface area contributed by atoms with Crippen molar-refractivity contribution < 1.29 is 41.4 Å². The van der Waals surface area contributed by atoms with Crippen LogP contribution in [0.25, 0.3) is 0 Å². The van der Waals surface area contributed by atoms with Gasteiger partial charge in [0.1, 0.15) is 0 Å². The molecule has 0 saturated heterocycles. The van der Waals surface area contributed by atoms with Crippen LogP contribution in [-0.2, 0) is 31.2 Å². The number of aliphatic hydroxyl groups excluding tert-OH is 2. The first-order valence-electron chi connectivity index (χ1n) is 20.1. The summed E-state index contributed by atoms with van der Waals surface area (Å²) < 4.78 is 12.2. The quantitative estimate of drug-likeness (QED) is 0.101. The standard InChI is InChI=1S/C36H54O4.2C7H7.Ti/c1-35(2,3)29-19-27(33(37)31(21-29)25-13-9-7-10-14-25)23-39-17-18-40-24-28-20-30(36(4,5)6)22-32(34(28)38)26-15-11-8-12-16-26;2*1-7-5-3-2-4-6-7;/h7-16,27-34,37-38H,17-24H2,1-6H3;2*2-6H,1H2;/q;2*-1;+2. The van der Waals surface area contributed by atoms with E-state index in [0.717, 1.165) is 36.8 Å². The van der Waals surface area contributed by atoms with E-state index >= 15 is 0 Å². The van der Waals surface area contributed by atoms with Gasteiger partial charge in [-0.25, -0.2) is 0 Å². The fourth-order valence-corrected chi connectivity index (χ4v) is 8.11. The molecule has 2 fully saturated rings. The van der Waals surface area contributed by atoms with E-state index < -0.39 is 12.2 Å². The third kappa shape index (κ3) is 15.2. The first kappa shape index (κ1) is 46.6. The van der Waals surface area contributed by atoms with Crippen molar-refractivity contribution in [2.24, 2.45) is 34.5 Å². The van der Waals surface area contributed by atoms with E-state index in [2.05, 4.69) is 104 Å². The van der Waals surface area contributed by atoms with Crippen LogP contribution in [0.5, 0.6) is 0 Å².